The van der Waals surface area contributed by atoms with Gasteiger partial charge in [0.25, 0.3) is 0 Å². The number of carbonyl (C=O) groups excluding carboxylic acids is 5. The van der Waals surface area contributed by atoms with E-state index >= 15 is 0 Å². The van der Waals surface area contributed by atoms with Gasteiger partial charge in [-0.2, -0.15) is 0 Å². The molecular formula is C31H55N5O8. The summed E-state index contributed by atoms with van der Waals surface area (Å²) in [6.45, 7) is 15.5. The summed E-state index contributed by atoms with van der Waals surface area (Å²) in [4.78, 5) is 79.3. The first-order chi connectivity index (χ1) is 20.3. The van der Waals surface area contributed by atoms with Crippen molar-refractivity contribution in [2.24, 2.45) is 16.7 Å². The number of carboxylic acid groups (broad SMARTS) is 1. The van der Waals surface area contributed by atoms with Gasteiger partial charge in [0.05, 0.1) is 25.5 Å². The van der Waals surface area contributed by atoms with E-state index in [1.165, 1.54) is 0 Å². The van der Waals surface area contributed by atoms with E-state index in [0.29, 0.717) is 32.4 Å². The Bertz CT molecular complexity index is 1010. The van der Waals surface area contributed by atoms with Gasteiger partial charge in [0.15, 0.2) is 0 Å². The van der Waals surface area contributed by atoms with Gasteiger partial charge in [0.1, 0.15) is 18.1 Å². The average molecular weight is 626 g/mol. The normalized spacial score (nSPS) is 16.5. The number of aliphatic carboxylic acids is 1. The maximum atomic E-state index is 13.6. The Morgan fingerprint density at radius 1 is 0.750 bits per heavy atom. The summed E-state index contributed by atoms with van der Waals surface area (Å²) in [7, 11) is 0. The van der Waals surface area contributed by atoms with Crippen molar-refractivity contribution in [2.75, 3.05) is 19.7 Å². The summed E-state index contributed by atoms with van der Waals surface area (Å²) in [6.07, 6.45) is 2.16. The molecule has 1 heterocycles. The van der Waals surface area contributed by atoms with Crippen LogP contribution in [0.2, 0.25) is 0 Å². The zero-order chi connectivity index (χ0) is 33.8. The van der Waals surface area contributed by atoms with Gasteiger partial charge in [-0.3, -0.25) is 24.0 Å². The smallest absolute Gasteiger partial charge is 0.326 e. The molecule has 5 amide bonds. The number of nitrogens with zero attached hydrogens (tertiary/aromatic N) is 1. The summed E-state index contributed by atoms with van der Waals surface area (Å²) < 4.78 is 0. The number of hydrogen-bond donors (Lipinski definition) is 6. The predicted molar refractivity (Wildman–Crippen MR) is 165 cm³/mol. The van der Waals surface area contributed by atoms with Crippen LogP contribution in [0.3, 0.4) is 0 Å². The largest absolute Gasteiger partial charge is 0.480 e. The highest BCUT2D eigenvalue weighted by molar-refractivity contribution is 5.97. The second-order valence-corrected chi connectivity index (χ2v) is 14.0. The molecule has 1 saturated heterocycles. The minimum atomic E-state index is -1.66. The van der Waals surface area contributed by atoms with E-state index in [2.05, 4.69) is 21.3 Å². The number of nitrogens with one attached hydrogen (secondary N) is 4. The lowest BCUT2D eigenvalue weighted by molar-refractivity contribution is -0.144. The SMILES string of the molecule is CCC(CC)C(=O)N[C@H](C(=O)N[C@@H](CC(=O)N1CCCC1)C(=O)N[C@@H](CC(=O)N[C@H](CO)CC(C)(C)C)C(=O)O)C(C)(C)C. The third kappa shape index (κ3) is 13.2. The molecular weight excluding hydrogens is 570 g/mol. The van der Waals surface area contributed by atoms with E-state index in [-0.39, 0.29) is 29.8 Å². The maximum absolute atomic E-state index is 13.6. The third-order valence-corrected chi connectivity index (χ3v) is 7.69. The van der Waals surface area contributed by atoms with Gasteiger partial charge in [-0.25, -0.2) is 4.79 Å². The number of aliphatic hydroxyl groups excluding tert-OH is 1. The van der Waals surface area contributed by atoms with E-state index < -0.39 is 66.1 Å². The molecule has 4 atom stereocenters. The summed E-state index contributed by atoms with van der Waals surface area (Å²) in [6, 6.07) is -4.78. The number of carboxylic acids is 1. The number of hydrogen-bond acceptors (Lipinski definition) is 7. The van der Waals surface area contributed by atoms with E-state index in [1.54, 1.807) is 25.7 Å². The first-order valence-electron chi connectivity index (χ1n) is 15.6. The van der Waals surface area contributed by atoms with Gasteiger partial charge in [-0.05, 0) is 42.9 Å². The van der Waals surface area contributed by atoms with Crippen molar-refractivity contribution in [3.8, 4) is 0 Å². The topological polar surface area (TPSA) is 194 Å². The Morgan fingerprint density at radius 2 is 1.30 bits per heavy atom. The van der Waals surface area contributed by atoms with Gasteiger partial charge in [-0.15, -0.1) is 0 Å². The Balaban J connectivity index is 3.19. The molecule has 0 aliphatic carbocycles. The molecule has 0 aromatic carbocycles. The van der Waals surface area contributed by atoms with Gasteiger partial charge in [-0.1, -0.05) is 55.4 Å². The Hall–Kier alpha value is -3.22. The van der Waals surface area contributed by atoms with Crippen LogP contribution in [-0.4, -0.2) is 94.5 Å². The third-order valence-electron chi connectivity index (χ3n) is 7.69. The fourth-order valence-electron chi connectivity index (χ4n) is 5.17. The van der Waals surface area contributed by atoms with Crippen molar-refractivity contribution in [2.45, 2.75) is 125 Å². The van der Waals surface area contributed by atoms with Crippen molar-refractivity contribution >= 4 is 35.5 Å². The van der Waals surface area contributed by atoms with Crippen LogP contribution in [0.4, 0.5) is 0 Å². The van der Waals surface area contributed by atoms with Gasteiger partial charge < -0.3 is 36.4 Å². The second-order valence-electron chi connectivity index (χ2n) is 14.0. The standard InChI is InChI=1S/C31H55N5O8/c1-9-19(10-2)26(40)35-25(31(6,7)8)28(42)33-21(16-24(39)36-13-11-12-14-36)27(41)34-22(29(43)44)15-23(38)32-20(18-37)17-30(3,4)5/h19-22,25,37H,9-18H2,1-8H3,(H,32,38)(H,33,42)(H,34,41)(H,35,40)(H,43,44)/t20-,21-,22-,25+/m0/s1. The number of likely N-dealkylation sites (tertiary alicyclic amines) is 1. The Kier molecular flexibility index (Phi) is 15.3. The minimum Gasteiger partial charge on any atom is -0.480 e. The summed E-state index contributed by atoms with van der Waals surface area (Å²) in [5.41, 5.74) is -0.976. The van der Waals surface area contributed by atoms with E-state index in [4.69, 9.17) is 0 Å². The zero-order valence-corrected chi connectivity index (χ0v) is 27.7. The van der Waals surface area contributed by atoms with Crippen molar-refractivity contribution in [3.05, 3.63) is 0 Å². The first-order valence-corrected chi connectivity index (χ1v) is 15.6. The molecule has 44 heavy (non-hydrogen) atoms. The lowest BCUT2D eigenvalue weighted by Gasteiger charge is -2.33. The molecule has 6 N–H and O–H groups in total. The first kappa shape index (κ1) is 38.8. The second kappa shape index (κ2) is 17.3. The van der Waals surface area contributed by atoms with Crippen molar-refractivity contribution in [1.82, 2.24) is 26.2 Å². The number of rotatable bonds is 16. The molecule has 1 rings (SSSR count). The van der Waals surface area contributed by atoms with Crippen LogP contribution >= 0.6 is 0 Å². The monoisotopic (exact) mass is 625 g/mol. The molecule has 0 saturated carbocycles. The van der Waals surface area contributed by atoms with Crippen LogP contribution in [0.25, 0.3) is 0 Å². The van der Waals surface area contributed by atoms with E-state index in [9.17, 15) is 39.0 Å². The van der Waals surface area contributed by atoms with Gasteiger partial charge in [0.2, 0.25) is 29.5 Å². The minimum absolute atomic E-state index is 0.216. The highest BCUT2D eigenvalue weighted by atomic mass is 16.4. The number of carbonyl (C=O) groups is 6. The van der Waals surface area contributed by atoms with Crippen LogP contribution in [0.1, 0.15) is 100 Å². The Morgan fingerprint density at radius 3 is 1.75 bits per heavy atom. The van der Waals surface area contributed by atoms with Crippen LogP contribution in [0, 0.1) is 16.7 Å². The van der Waals surface area contributed by atoms with E-state index in [0.717, 1.165) is 12.8 Å². The molecule has 1 aliphatic heterocycles. The lowest BCUT2D eigenvalue weighted by Crippen LogP contribution is -2.60. The van der Waals surface area contributed by atoms with E-state index in [1.807, 2.05) is 34.6 Å². The summed E-state index contributed by atoms with van der Waals surface area (Å²) in [5.74, 6) is -4.79. The molecule has 0 aromatic heterocycles. The highest BCUT2D eigenvalue weighted by Gasteiger charge is 2.38. The number of aliphatic hydroxyl groups is 1. The zero-order valence-electron chi connectivity index (χ0n) is 27.7. The molecule has 0 radical (unpaired) electrons. The lowest BCUT2D eigenvalue weighted by atomic mass is 9.85. The molecule has 1 aliphatic rings. The molecule has 0 bridgehead atoms. The predicted octanol–water partition coefficient (Wildman–Crippen LogP) is 1.32. The van der Waals surface area contributed by atoms with Gasteiger partial charge in [0, 0.05) is 19.0 Å². The summed E-state index contributed by atoms with van der Waals surface area (Å²) >= 11 is 0. The maximum Gasteiger partial charge on any atom is 0.326 e. The molecule has 1 fully saturated rings. The van der Waals surface area contributed by atoms with Crippen LogP contribution in [0.15, 0.2) is 0 Å². The van der Waals surface area contributed by atoms with Crippen molar-refractivity contribution in [1.29, 1.82) is 0 Å². The fraction of sp³-hybridized carbons (Fsp3) is 0.806. The van der Waals surface area contributed by atoms with Crippen LogP contribution < -0.4 is 21.3 Å². The number of amides is 5. The van der Waals surface area contributed by atoms with Crippen LogP contribution in [-0.2, 0) is 28.8 Å². The molecule has 13 heteroatoms. The molecule has 0 spiro atoms. The highest BCUT2D eigenvalue weighted by Crippen LogP contribution is 2.22. The molecule has 0 unspecified atom stereocenters. The quantitative estimate of drug-likeness (QED) is 0.148. The summed E-state index contributed by atoms with van der Waals surface area (Å²) in [5, 5.41) is 29.8. The van der Waals surface area contributed by atoms with Crippen molar-refractivity contribution in [3.63, 3.8) is 0 Å². The van der Waals surface area contributed by atoms with Gasteiger partial charge >= 0.3 is 5.97 Å². The van der Waals surface area contributed by atoms with Crippen LogP contribution in [0.5, 0.6) is 0 Å². The molecule has 13 nitrogen and oxygen atoms in total. The fourth-order valence-corrected chi connectivity index (χ4v) is 5.17. The average Bonchev–Trinajstić information content (AvgIpc) is 3.45. The Labute approximate surface area is 261 Å². The molecule has 252 valence electrons. The van der Waals surface area contributed by atoms with Crippen molar-refractivity contribution < 1.29 is 39.0 Å². The molecule has 0 aromatic rings.